The molecule has 1 aromatic heterocycles. The Bertz CT molecular complexity index is 724. The molecule has 2 aliphatic rings. The summed E-state index contributed by atoms with van der Waals surface area (Å²) in [5.74, 6) is 1.60. The monoisotopic (exact) mass is 327 g/mol. The van der Waals surface area contributed by atoms with E-state index in [0.717, 1.165) is 54.7 Å². The maximum Gasteiger partial charge on any atom is 0.188 e. The van der Waals surface area contributed by atoms with Crippen molar-refractivity contribution in [1.29, 1.82) is 0 Å². The number of para-hydroxylation sites is 1. The Balaban J connectivity index is 1.71. The van der Waals surface area contributed by atoms with Gasteiger partial charge in [0.2, 0.25) is 0 Å². The molecule has 0 unspecified atom stereocenters. The topological polar surface area (TPSA) is 71.5 Å². The van der Waals surface area contributed by atoms with E-state index >= 15 is 0 Å². The highest BCUT2D eigenvalue weighted by Gasteiger charge is 2.29. The van der Waals surface area contributed by atoms with Crippen LogP contribution in [0, 0.1) is 0 Å². The van der Waals surface area contributed by atoms with E-state index in [-0.39, 0.29) is 6.79 Å². The second-order valence-corrected chi connectivity index (χ2v) is 5.94. The van der Waals surface area contributed by atoms with E-state index in [9.17, 15) is 0 Å². The number of hydrogen-bond donors (Lipinski definition) is 2. The molecule has 24 heavy (non-hydrogen) atoms. The molecule has 1 fully saturated rings. The number of methoxy groups -OCH3 is 1. The van der Waals surface area contributed by atoms with Crippen LogP contribution in [0.3, 0.4) is 0 Å². The average molecular weight is 327 g/mol. The maximum absolute atomic E-state index is 5.66. The molecule has 0 aliphatic carbocycles. The SMILES string of the molecule is COCOc1ccccc1-c1cc2c(nn1)NC[C@H]1CNCCN21. The Morgan fingerprint density at radius 2 is 2.17 bits per heavy atom. The van der Waals surface area contributed by atoms with Gasteiger partial charge in [-0.3, -0.25) is 0 Å². The molecular formula is C17H21N5O2. The summed E-state index contributed by atoms with van der Waals surface area (Å²) in [5.41, 5.74) is 2.84. The molecule has 0 saturated carbocycles. The third-order valence-electron chi connectivity index (χ3n) is 4.43. The van der Waals surface area contributed by atoms with Crippen LogP contribution < -0.4 is 20.3 Å². The van der Waals surface area contributed by atoms with Crippen LogP contribution in [0.5, 0.6) is 5.75 Å². The van der Waals surface area contributed by atoms with Gasteiger partial charge in [-0.25, -0.2) is 0 Å². The van der Waals surface area contributed by atoms with Crippen molar-refractivity contribution in [2.45, 2.75) is 6.04 Å². The van der Waals surface area contributed by atoms with Gasteiger partial charge < -0.3 is 25.0 Å². The summed E-state index contributed by atoms with van der Waals surface area (Å²) < 4.78 is 10.7. The summed E-state index contributed by atoms with van der Waals surface area (Å²) in [6, 6.07) is 10.4. The van der Waals surface area contributed by atoms with Gasteiger partial charge in [0, 0.05) is 38.9 Å². The smallest absolute Gasteiger partial charge is 0.188 e. The van der Waals surface area contributed by atoms with Crippen molar-refractivity contribution in [3.05, 3.63) is 30.3 Å². The lowest BCUT2D eigenvalue weighted by Crippen LogP contribution is -2.56. The van der Waals surface area contributed by atoms with Gasteiger partial charge in [0.15, 0.2) is 12.6 Å². The second kappa shape index (κ2) is 6.62. The minimum atomic E-state index is 0.205. The fraction of sp³-hybridized carbons (Fsp3) is 0.412. The largest absolute Gasteiger partial charge is 0.467 e. The summed E-state index contributed by atoms with van der Waals surface area (Å²) >= 11 is 0. The molecule has 2 N–H and O–H groups in total. The van der Waals surface area contributed by atoms with E-state index in [1.165, 1.54) is 0 Å². The second-order valence-electron chi connectivity index (χ2n) is 5.94. The number of ether oxygens (including phenoxy) is 2. The van der Waals surface area contributed by atoms with Crippen molar-refractivity contribution < 1.29 is 9.47 Å². The molecule has 7 nitrogen and oxygen atoms in total. The zero-order valence-electron chi connectivity index (χ0n) is 13.7. The van der Waals surface area contributed by atoms with Gasteiger partial charge in [-0.15, -0.1) is 10.2 Å². The summed E-state index contributed by atoms with van der Waals surface area (Å²) in [5, 5.41) is 15.6. The highest BCUT2D eigenvalue weighted by atomic mass is 16.7. The van der Waals surface area contributed by atoms with E-state index in [4.69, 9.17) is 9.47 Å². The summed E-state index contributed by atoms with van der Waals surface area (Å²) in [4.78, 5) is 2.42. The Morgan fingerprint density at radius 3 is 3.08 bits per heavy atom. The van der Waals surface area contributed by atoms with Crippen LogP contribution in [0.15, 0.2) is 30.3 Å². The van der Waals surface area contributed by atoms with Crippen molar-refractivity contribution in [2.75, 3.05) is 50.3 Å². The van der Waals surface area contributed by atoms with Crippen molar-refractivity contribution in [3.63, 3.8) is 0 Å². The number of nitrogens with zero attached hydrogens (tertiary/aromatic N) is 3. The first-order chi connectivity index (χ1) is 11.9. The third kappa shape index (κ3) is 2.76. The summed E-state index contributed by atoms with van der Waals surface area (Å²) in [7, 11) is 1.61. The fourth-order valence-electron chi connectivity index (χ4n) is 3.26. The molecule has 1 aromatic carbocycles. The summed E-state index contributed by atoms with van der Waals surface area (Å²) in [6.45, 7) is 4.05. The standard InChI is InChI=1S/C17H21N5O2/c1-23-11-24-16-5-3-2-4-13(16)14-8-15-17(21-20-14)19-10-12-9-18-6-7-22(12)15/h2-5,8,12,18H,6-7,9-11H2,1H3,(H,19,21)/t12-/m1/s1. The number of nitrogens with one attached hydrogen (secondary N) is 2. The zero-order valence-corrected chi connectivity index (χ0v) is 13.7. The van der Waals surface area contributed by atoms with E-state index in [1.807, 2.05) is 24.3 Å². The van der Waals surface area contributed by atoms with Gasteiger partial charge in [0.1, 0.15) is 5.75 Å². The fourth-order valence-corrected chi connectivity index (χ4v) is 3.26. The Morgan fingerprint density at radius 1 is 1.25 bits per heavy atom. The predicted octanol–water partition coefficient (Wildman–Crippen LogP) is 1.33. The van der Waals surface area contributed by atoms with Gasteiger partial charge in [0.05, 0.1) is 17.4 Å². The molecule has 3 heterocycles. The zero-order chi connectivity index (χ0) is 16.4. The third-order valence-corrected chi connectivity index (χ3v) is 4.43. The van der Waals surface area contributed by atoms with Gasteiger partial charge >= 0.3 is 0 Å². The molecule has 1 atom stereocenters. The Labute approximate surface area is 141 Å². The molecule has 126 valence electrons. The summed E-state index contributed by atoms with van der Waals surface area (Å²) in [6.07, 6.45) is 0. The molecule has 0 radical (unpaired) electrons. The number of fused-ring (bicyclic) bond motifs is 3. The van der Waals surface area contributed by atoms with Crippen LogP contribution in [0.25, 0.3) is 11.3 Å². The first-order valence-electron chi connectivity index (χ1n) is 8.17. The maximum atomic E-state index is 5.66. The normalized spacial score (nSPS) is 19.2. The molecule has 2 aromatic rings. The lowest BCUT2D eigenvalue weighted by atomic mass is 10.1. The van der Waals surface area contributed by atoms with Crippen molar-refractivity contribution in [3.8, 4) is 17.0 Å². The first-order valence-corrected chi connectivity index (χ1v) is 8.17. The Hall–Kier alpha value is -2.38. The number of benzene rings is 1. The van der Waals surface area contributed by atoms with E-state index < -0.39 is 0 Å². The molecule has 0 amide bonds. The first kappa shape index (κ1) is 15.2. The molecular weight excluding hydrogens is 306 g/mol. The molecule has 0 spiro atoms. The molecule has 2 aliphatic heterocycles. The van der Waals surface area contributed by atoms with Crippen LogP contribution in [-0.4, -0.2) is 56.3 Å². The number of hydrogen-bond acceptors (Lipinski definition) is 7. The number of rotatable bonds is 4. The number of aromatic nitrogens is 2. The lowest BCUT2D eigenvalue weighted by molar-refractivity contribution is 0.0515. The quantitative estimate of drug-likeness (QED) is 0.821. The van der Waals surface area contributed by atoms with Crippen molar-refractivity contribution in [1.82, 2.24) is 15.5 Å². The predicted molar refractivity (Wildman–Crippen MR) is 92.5 cm³/mol. The highest BCUT2D eigenvalue weighted by Crippen LogP contribution is 2.35. The van der Waals surface area contributed by atoms with Gasteiger partial charge in [-0.1, -0.05) is 12.1 Å². The molecule has 7 heteroatoms. The minimum absolute atomic E-state index is 0.205. The minimum Gasteiger partial charge on any atom is -0.467 e. The molecule has 0 bridgehead atoms. The van der Waals surface area contributed by atoms with Crippen LogP contribution in [-0.2, 0) is 4.74 Å². The lowest BCUT2D eigenvalue weighted by Gasteiger charge is -2.42. The van der Waals surface area contributed by atoms with E-state index in [1.54, 1.807) is 7.11 Å². The Kier molecular flexibility index (Phi) is 4.18. The van der Waals surface area contributed by atoms with Crippen LogP contribution >= 0.6 is 0 Å². The van der Waals surface area contributed by atoms with Crippen molar-refractivity contribution in [2.24, 2.45) is 0 Å². The van der Waals surface area contributed by atoms with Crippen LogP contribution in [0.2, 0.25) is 0 Å². The van der Waals surface area contributed by atoms with E-state index in [2.05, 4.69) is 31.8 Å². The van der Waals surface area contributed by atoms with Crippen LogP contribution in [0.4, 0.5) is 11.5 Å². The highest BCUT2D eigenvalue weighted by molar-refractivity contribution is 5.76. The van der Waals surface area contributed by atoms with Gasteiger partial charge in [-0.2, -0.15) is 0 Å². The number of anilines is 2. The molecule has 4 rings (SSSR count). The van der Waals surface area contributed by atoms with Gasteiger partial charge in [0.25, 0.3) is 0 Å². The number of piperazine rings is 1. The van der Waals surface area contributed by atoms with Crippen LogP contribution in [0.1, 0.15) is 0 Å². The van der Waals surface area contributed by atoms with E-state index in [0.29, 0.717) is 6.04 Å². The van der Waals surface area contributed by atoms with Gasteiger partial charge in [-0.05, 0) is 18.2 Å². The average Bonchev–Trinajstić information content (AvgIpc) is 2.66. The molecule has 1 saturated heterocycles. The van der Waals surface area contributed by atoms with Crippen molar-refractivity contribution >= 4 is 11.5 Å².